The second-order valence-corrected chi connectivity index (χ2v) is 5.93. The van der Waals surface area contributed by atoms with Gasteiger partial charge in [-0.2, -0.15) is 0 Å². The van der Waals surface area contributed by atoms with Gasteiger partial charge in [-0.05, 0) is 69.8 Å². The van der Waals surface area contributed by atoms with Crippen LogP contribution in [0.1, 0.15) is 37.3 Å². The van der Waals surface area contributed by atoms with E-state index in [0.717, 1.165) is 31.5 Å². The van der Waals surface area contributed by atoms with Gasteiger partial charge in [0.25, 0.3) is 0 Å². The van der Waals surface area contributed by atoms with Crippen molar-refractivity contribution in [3.8, 4) is 0 Å². The number of carbonyl (C=O) groups is 1. The third-order valence-corrected chi connectivity index (χ3v) is 3.99. The Bertz CT molecular complexity index is 461. The van der Waals surface area contributed by atoms with Crippen molar-refractivity contribution in [2.45, 2.75) is 45.6 Å². The summed E-state index contributed by atoms with van der Waals surface area (Å²) in [6, 6.07) is 6.26. The molecule has 1 aromatic carbocycles. The molecule has 1 saturated heterocycles. The predicted octanol–water partition coefficient (Wildman–Crippen LogP) is 3.22. The Morgan fingerprint density at radius 3 is 2.30 bits per heavy atom. The first kappa shape index (κ1) is 17.0. The van der Waals surface area contributed by atoms with Gasteiger partial charge >= 0.3 is 0 Å². The van der Waals surface area contributed by atoms with Crippen LogP contribution in [0.4, 0.5) is 5.69 Å². The zero-order valence-electron chi connectivity index (χ0n) is 12.8. The van der Waals surface area contributed by atoms with Gasteiger partial charge in [-0.1, -0.05) is 6.07 Å². The normalized spacial score (nSPS) is 22.0. The topological polar surface area (TPSA) is 32.3 Å². The fraction of sp³-hybridized carbons (Fsp3) is 0.562. The van der Waals surface area contributed by atoms with E-state index in [1.807, 2.05) is 14.0 Å². The fourth-order valence-electron chi connectivity index (χ4n) is 2.87. The van der Waals surface area contributed by atoms with Gasteiger partial charge in [0, 0.05) is 12.7 Å². The molecule has 1 atom stereocenters. The molecule has 0 bridgehead atoms. The molecular weight excluding hydrogens is 272 g/mol. The lowest BCUT2D eigenvalue weighted by Crippen LogP contribution is -2.57. The number of halogens is 1. The van der Waals surface area contributed by atoms with E-state index in [1.54, 1.807) is 4.90 Å². The second-order valence-electron chi connectivity index (χ2n) is 5.93. The molecule has 4 heteroatoms. The molecule has 0 aliphatic carbocycles. The van der Waals surface area contributed by atoms with Crippen molar-refractivity contribution in [3.63, 3.8) is 0 Å². The van der Waals surface area contributed by atoms with Crippen LogP contribution in [0.5, 0.6) is 0 Å². The monoisotopic (exact) mass is 296 g/mol. The maximum Gasteiger partial charge on any atom is 0.246 e. The molecule has 0 aromatic heterocycles. The Labute approximate surface area is 128 Å². The number of carbonyl (C=O) groups excluding carboxylic acids is 1. The van der Waals surface area contributed by atoms with Crippen LogP contribution in [0, 0.1) is 13.8 Å². The summed E-state index contributed by atoms with van der Waals surface area (Å²) in [7, 11) is 1.87. The molecule has 1 unspecified atom stereocenters. The number of hydrogen-bond donors (Lipinski definition) is 1. The molecule has 0 saturated carbocycles. The summed E-state index contributed by atoms with van der Waals surface area (Å²) in [5.41, 5.74) is 2.95. The first-order valence-electron chi connectivity index (χ1n) is 7.04. The van der Waals surface area contributed by atoms with Crippen LogP contribution in [-0.2, 0) is 4.79 Å². The molecule has 1 amide bonds. The highest BCUT2D eigenvalue weighted by molar-refractivity contribution is 5.99. The highest BCUT2D eigenvalue weighted by Gasteiger charge is 2.36. The van der Waals surface area contributed by atoms with Crippen molar-refractivity contribution in [2.75, 3.05) is 18.5 Å². The van der Waals surface area contributed by atoms with Crippen LogP contribution in [0.3, 0.4) is 0 Å². The number of amides is 1. The summed E-state index contributed by atoms with van der Waals surface area (Å²) in [6.45, 7) is 7.08. The summed E-state index contributed by atoms with van der Waals surface area (Å²) in [4.78, 5) is 14.5. The van der Waals surface area contributed by atoms with Crippen LogP contribution in [0.15, 0.2) is 18.2 Å². The Morgan fingerprint density at radius 2 is 1.80 bits per heavy atom. The summed E-state index contributed by atoms with van der Waals surface area (Å²) < 4.78 is 0. The molecule has 2 rings (SSSR count). The summed E-state index contributed by atoms with van der Waals surface area (Å²) in [5.74, 6) is 0.164. The standard InChI is InChI=1S/C16H24N2O.ClH/c1-12-9-13(2)11-14(10-12)18(4)15(19)16(3)7-5-6-8-17-16;/h9-11,17H,5-8H2,1-4H3;1H. The van der Waals surface area contributed by atoms with E-state index in [2.05, 4.69) is 37.4 Å². The first-order valence-corrected chi connectivity index (χ1v) is 7.04. The quantitative estimate of drug-likeness (QED) is 0.909. The van der Waals surface area contributed by atoms with Crippen molar-refractivity contribution < 1.29 is 4.79 Å². The molecule has 1 aliphatic heterocycles. The van der Waals surface area contributed by atoms with Crippen molar-refractivity contribution in [1.29, 1.82) is 0 Å². The SMILES string of the molecule is Cc1cc(C)cc(N(C)C(=O)C2(C)CCCCN2)c1.Cl. The van der Waals surface area contributed by atoms with Gasteiger partial charge < -0.3 is 10.2 Å². The van der Waals surface area contributed by atoms with Crippen LogP contribution < -0.4 is 10.2 Å². The Balaban J connectivity index is 0.00000200. The van der Waals surface area contributed by atoms with Gasteiger partial charge in [-0.25, -0.2) is 0 Å². The predicted molar refractivity (Wildman–Crippen MR) is 86.8 cm³/mol. The van der Waals surface area contributed by atoms with Crippen LogP contribution in [0.2, 0.25) is 0 Å². The minimum absolute atomic E-state index is 0. The fourth-order valence-corrected chi connectivity index (χ4v) is 2.87. The number of likely N-dealkylation sites (N-methyl/N-ethyl adjacent to an activating group) is 1. The molecule has 1 fully saturated rings. The second kappa shape index (κ2) is 6.59. The maximum absolute atomic E-state index is 12.7. The van der Waals surface area contributed by atoms with Crippen LogP contribution in [0.25, 0.3) is 0 Å². The largest absolute Gasteiger partial charge is 0.314 e. The summed E-state index contributed by atoms with van der Waals surface area (Å²) in [5, 5.41) is 3.38. The Morgan fingerprint density at radius 1 is 1.20 bits per heavy atom. The minimum Gasteiger partial charge on any atom is -0.314 e. The average Bonchev–Trinajstić information content (AvgIpc) is 2.36. The third-order valence-electron chi connectivity index (χ3n) is 3.99. The molecule has 112 valence electrons. The number of piperidine rings is 1. The molecule has 1 N–H and O–H groups in total. The highest BCUT2D eigenvalue weighted by atomic mass is 35.5. The molecule has 1 aromatic rings. The molecule has 0 spiro atoms. The van der Waals surface area contributed by atoms with Crippen LogP contribution in [-0.4, -0.2) is 25.0 Å². The average molecular weight is 297 g/mol. The Hall–Kier alpha value is -1.06. The first-order chi connectivity index (χ1) is 8.92. The molecule has 1 heterocycles. The lowest BCUT2D eigenvalue weighted by Gasteiger charge is -2.36. The van der Waals surface area contributed by atoms with Gasteiger partial charge in [0.1, 0.15) is 0 Å². The number of aryl methyl sites for hydroxylation is 2. The molecule has 20 heavy (non-hydrogen) atoms. The number of benzene rings is 1. The van der Waals surface area contributed by atoms with Gasteiger partial charge in [-0.3, -0.25) is 4.79 Å². The third kappa shape index (κ3) is 3.53. The molecular formula is C16H25ClN2O. The van der Waals surface area contributed by atoms with Crippen molar-refractivity contribution in [1.82, 2.24) is 5.32 Å². The van der Waals surface area contributed by atoms with E-state index in [9.17, 15) is 4.79 Å². The van der Waals surface area contributed by atoms with Crippen molar-refractivity contribution >= 4 is 24.0 Å². The van der Waals surface area contributed by atoms with Gasteiger partial charge in [-0.15, -0.1) is 12.4 Å². The van der Waals surface area contributed by atoms with E-state index in [4.69, 9.17) is 0 Å². The number of rotatable bonds is 2. The van der Waals surface area contributed by atoms with Crippen molar-refractivity contribution in [3.05, 3.63) is 29.3 Å². The van der Waals surface area contributed by atoms with Gasteiger partial charge in [0.15, 0.2) is 0 Å². The summed E-state index contributed by atoms with van der Waals surface area (Å²) >= 11 is 0. The summed E-state index contributed by atoms with van der Waals surface area (Å²) in [6.07, 6.45) is 3.20. The minimum atomic E-state index is -0.412. The maximum atomic E-state index is 12.7. The number of hydrogen-bond acceptors (Lipinski definition) is 2. The van der Waals surface area contributed by atoms with E-state index in [1.165, 1.54) is 11.1 Å². The zero-order chi connectivity index (χ0) is 14.0. The Kier molecular flexibility index (Phi) is 5.60. The van der Waals surface area contributed by atoms with E-state index in [0.29, 0.717) is 0 Å². The van der Waals surface area contributed by atoms with Crippen molar-refractivity contribution in [2.24, 2.45) is 0 Å². The van der Waals surface area contributed by atoms with E-state index in [-0.39, 0.29) is 18.3 Å². The van der Waals surface area contributed by atoms with Gasteiger partial charge in [0.05, 0.1) is 5.54 Å². The van der Waals surface area contributed by atoms with Crippen LogP contribution >= 0.6 is 12.4 Å². The number of nitrogens with one attached hydrogen (secondary N) is 1. The number of nitrogens with zero attached hydrogens (tertiary/aromatic N) is 1. The lowest BCUT2D eigenvalue weighted by atomic mass is 9.89. The zero-order valence-corrected chi connectivity index (χ0v) is 13.6. The highest BCUT2D eigenvalue weighted by Crippen LogP contribution is 2.25. The smallest absolute Gasteiger partial charge is 0.246 e. The van der Waals surface area contributed by atoms with E-state index >= 15 is 0 Å². The van der Waals surface area contributed by atoms with E-state index < -0.39 is 5.54 Å². The molecule has 1 aliphatic rings. The van der Waals surface area contributed by atoms with Gasteiger partial charge in [0.2, 0.25) is 5.91 Å². The molecule has 0 radical (unpaired) electrons. The number of anilines is 1. The molecule has 3 nitrogen and oxygen atoms in total. The lowest BCUT2D eigenvalue weighted by molar-refractivity contribution is -0.124.